The zero-order valence-corrected chi connectivity index (χ0v) is 11.9. The highest BCUT2D eigenvalue weighted by Crippen LogP contribution is 2.34. The van der Waals surface area contributed by atoms with Gasteiger partial charge in [-0.15, -0.1) is 11.3 Å². The van der Waals surface area contributed by atoms with Gasteiger partial charge in [0.15, 0.2) is 0 Å². The molecule has 1 aromatic carbocycles. The summed E-state index contributed by atoms with van der Waals surface area (Å²) in [6, 6.07) is 10.4. The maximum atomic E-state index is 5.86. The molecule has 1 saturated carbocycles. The molecule has 3 heteroatoms. The van der Waals surface area contributed by atoms with E-state index < -0.39 is 0 Å². The van der Waals surface area contributed by atoms with E-state index in [1.165, 1.54) is 29.8 Å². The number of rotatable bonds is 4. The van der Waals surface area contributed by atoms with Gasteiger partial charge >= 0.3 is 0 Å². The van der Waals surface area contributed by atoms with Gasteiger partial charge in [0.2, 0.25) is 0 Å². The zero-order valence-electron chi connectivity index (χ0n) is 11.1. The summed E-state index contributed by atoms with van der Waals surface area (Å²) in [5.74, 6) is 1.46. The van der Waals surface area contributed by atoms with Crippen LogP contribution >= 0.6 is 11.3 Å². The molecule has 1 fully saturated rings. The Kier molecular flexibility index (Phi) is 3.95. The Morgan fingerprint density at radius 1 is 1.16 bits per heavy atom. The van der Waals surface area contributed by atoms with Gasteiger partial charge in [-0.3, -0.25) is 0 Å². The minimum atomic E-state index is 0.712. The molecule has 0 radical (unpaired) electrons. The predicted octanol–water partition coefficient (Wildman–Crippen LogP) is 3.73. The van der Waals surface area contributed by atoms with Gasteiger partial charge in [-0.05, 0) is 31.2 Å². The summed E-state index contributed by atoms with van der Waals surface area (Å²) < 4.78 is 0. The molecule has 1 heterocycles. The number of hydrogen-bond acceptors (Lipinski definition) is 3. The Hall–Kier alpha value is -1.19. The van der Waals surface area contributed by atoms with E-state index in [0.29, 0.717) is 5.92 Å². The van der Waals surface area contributed by atoms with E-state index in [4.69, 9.17) is 10.7 Å². The monoisotopic (exact) mass is 272 g/mol. The SMILES string of the molecule is NCC1CCCC1Cc1nc(-c2ccccc2)cs1. The lowest BCUT2D eigenvalue weighted by Crippen LogP contribution is -2.20. The van der Waals surface area contributed by atoms with Crippen LogP contribution in [0.25, 0.3) is 11.3 Å². The molecule has 19 heavy (non-hydrogen) atoms. The molecule has 1 aliphatic rings. The van der Waals surface area contributed by atoms with Crippen LogP contribution in [0.15, 0.2) is 35.7 Å². The quantitative estimate of drug-likeness (QED) is 0.921. The summed E-state index contributed by atoms with van der Waals surface area (Å²) in [6.45, 7) is 0.835. The van der Waals surface area contributed by atoms with Crippen LogP contribution in [0.3, 0.4) is 0 Å². The molecule has 2 atom stereocenters. The molecular formula is C16H20N2S. The predicted molar refractivity (Wildman–Crippen MR) is 81.1 cm³/mol. The number of thiazole rings is 1. The van der Waals surface area contributed by atoms with Crippen molar-refractivity contribution in [3.05, 3.63) is 40.7 Å². The third kappa shape index (κ3) is 2.88. The van der Waals surface area contributed by atoms with Gasteiger partial charge in [-0.1, -0.05) is 36.8 Å². The summed E-state index contributed by atoms with van der Waals surface area (Å²) in [7, 11) is 0. The van der Waals surface area contributed by atoms with Gasteiger partial charge in [-0.2, -0.15) is 0 Å². The van der Waals surface area contributed by atoms with Crippen LogP contribution in [0.1, 0.15) is 24.3 Å². The molecule has 0 amide bonds. The lowest BCUT2D eigenvalue weighted by Gasteiger charge is -2.15. The van der Waals surface area contributed by atoms with Crippen molar-refractivity contribution in [3.63, 3.8) is 0 Å². The molecule has 0 bridgehead atoms. The van der Waals surface area contributed by atoms with Crippen LogP contribution in [0.4, 0.5) is 0 Å². The van der Waals surface area contributed by atoms with Crippen molar-refractivity contribution in [2.75, 3.05) is 6.54 Å². The van der Waals surface area contributed by atoms with Crippen LogP contribution in [-0.4, -0.2) is 11.5 Å². The van der Waals surface area contributed by atoms with Crippen LogP contribution in [0, 0.1) is 11.8 Å². The fraction of sp³-hybridized carbons (Fsp3) is 0.438. The van der Waals surface area contributed by atoms with E-state index in [9.17, 15) is 0 Å². The first-order valence-corrected chi connectivity index (χ1v) is 7.94. The van der Waals surface area contributed by atoms with Crippen molar-refractivity contribution < 1.29 is 0 Å². The zero-order chi connectivity index (χ0) is 13.1. The summed E-state index contributed by atoms with van der Waals surface area (Å²) in [5.41, 5.74) is 8.19. The lowest BCUT2D eigenvalue weighted by atomic mass is 9.93. The Balaban J connectivity index is 1.72. The second-order valence-corrected chi connectivity index (χ2v) is 6.33. The van der Waals surface area contributed by atoms with Gasteiger partial charge < -0.3 is 5.73 Å². The topological polar surface area (TPSA) is 38.9 Å². The molecule has 2 unspecified atom stereocenters. The number of hydrogen-bond donors (Lipinski definition) is 1. The van der Waals surface area contributed by atoms with E-state index in [2.05, 4.69) is 29.6 Å². The summed E-state index contributed by atoms with van der Waals surface area (Å²) in [5, 5.41) is 3.45. The van der Waals surface area contributed by atoms with E-state index in [1.807, 2.05) is 6.07 Å². The molecule has 100 valence electrons. The van der Waals surface area contributed by atoms with Crippen LogP contribution in [0.5, 0.6) is 0 Å². The fourth-order valence-corrected chi connectivity index (χ4v) is 3.96. The average Bonchev–Trinajstić information content (AvgIpc) is 3.09. The third-order valence-corrected chi connectivity index (χ3v) is 5.05. The smallest absolute Gasteiger partial charge is 0.0935 e. The van der Waals surface area contributed by atoms with E-state index in [0.717, 1.165) is 24.6 Å². The molecule has 3 rings (SSSR count). The number of nitrogens with zero attached hydrogens (tertiary/aromatic N) is 1. The molecule has 0 saturated heterocycles. The van der Waals surface area contributed by atoms with E-state index in [1.54, 1.807) is 11.3 Å². The molecule has 2 nitrogen and oxygen atoms in total. The van der Waals surface area contributed by atoms with Crippen molar-refractivity contribution >= 4 is 11.3 Å². The Labute approximate surface area is 118 Å². The molecule has 2 aromatic rings. The Bertz CT molecular complexity index is 521. The second kappa shape index (κ2) is 5.85. The van der Waals surface area contributed by atoms with E-state index in [-0.39, 0.29) is 0 Å². The summed E-state index contributed by atoms with van der Waals surface area (Å²) >= 11 is 1.79. The number of nitrogens with two attached hydrogens (primary N) is 1. The molecular weight excluding hydrogens is 252 g/mol. The first-order valence-electron chi connectivity index (χ1n) is 7.06. The van der Waals surface area contributed by atoms with Gasteiger partial charge in [-0.25, -0.2) is 4.98 Å². The normalized spacial score (nSPS) is 22.8. The summed E-state index contributed by atoms with van der Waals surface area (Å²) in [6.07, 6.45) is 5.07. The Morgan fingerprint density at radius 2 is 1.95 bits per heavy atom. The van der Waals surface area contributed by atoms with Crippen molar-refractivity contribution in [3.8, 4) is 11.3 Å². The second-order valence-electron chi connectivity index (χ2n) is 5.38. The highest BCUT2D eigenvalue weighted by Gasteiger charge is 2.26. The maximum absolute atomic E-state index is 5.86. The number of aromatic nitrogens is 1. The Morgan fingerprint density at radius 3 is 2.74 bits per heavy atom. The van der Waals surface area contributed by atoms with Crippen molar-refractivity contribution in [2.24, 2.45) is 17.6 Å². The van der Waals surface area contributed by atoms with Gasteiger partial charge in [0.25, 0.3) is 0 Å². The third-order valence-electron chi connectivity index (χ3n) is 4.18. The first kappa shape index (κ1) is 12.8. The summed E-state index contributed by atoms with van der Waals surface area (Å²) in [4.78, 5) is 4.79. The van der Waals surface area contributed by atoms with Crippen molar-refractivity contribution in [1.29, 1.82) is 0 Å². The van der Waals surface area contributed by atoms with Crippen LogP contribution in [-0.2, 0) is 6.42 Å². The van der Waals surface area contributed by atoms with Gasteiger partial charge in [0.1, 0.15) is 0 Å². The average molecular weight is 272 g/mol. The molecule has 2 N–H and O–H groups in total. The van der Waals surface area contributed by atoms with E-state index >= 15 is 0 Å². The molecule has 0 spiro atoms. The fourth-order valence-electron chi connectivity index (χ4n) is 3.06. The van der Waals surface area contributed by atoms with Crippen molar-refractivity contribution in [1.82, 2.24) is 4.98 Å². The lowest BCUT2D eigenvalue weighted by molar-refractivity contribution is 0.394. The first-order chi connectivity index (χ1) is 9.36. The highest BCUT2D eigenvalue weighted by molar-refractivity contribution is 7.09. The maximum Gasteiger partial charge on any atom is 0.0935 e. The van der Waals surface area contributed by atoms with Crippen LogP contribution in [0.2, 0.25) is 0 Å². The van der Waals surface area contributed by atoms with Gasteiger partial charge in [0.05, 0.1) is 10.7 Å². The van der Waals surface area contributed by atoms with Crippen LogP contribution < -0.4 is 5.73 Å². The minimum Gasteiger partial charge on any atom is -0.330 e. The molecule has 1 aliphatic carbocycles. The van der Waals surface area contributed by atoms with Crippen molar-refractivity contribution in [2.45, 2.75) is 25.7 Å². The van der Waals surface area contributed by atoms with Gasteiger partial charge in [0, 0.05) is 17.4 Å². The minimum absolute atomic E-state index is 0.712. The largest absolute Gasteiger partial charge is 0.330 e. The highest BCUT2D eigenvalue weighted by atomic mass is 32.1. The number of benzene rings is 1. The standard InChI is InChI=1S/C16H20N2S/c17-10-14-8-4-7-13(14)9-16-18-15(11-19-16)12-5-2-1-3-6-12/h1-3,5-6,11,13-14H,4,7-10,17H2. The molecule has 0 aliphatic heterocycles. The molecule has 1 aromatic heterocycles.